The van der Waals surface area contributed by atoms with Crippen molar-refractivity contribution in [3.05, 3.63) is 158 Å². The molecule has 0 saturated carbocycles. The highest BCUT2D eigenvalue weighted by Crippen LogP contribution is 2.30. The van der Waals surface area contributed by atoms with Gasteiger partial charge in [-0.2, -0.15) is 0 Å². The van der Waals surface area contributed by atoms with Crippen LogP contribution in [-0.2, 0) is 23.7 Å². The molecule has 12 atom stereocenters. The third-order valence-corrected chi connectivity index (χ3v) is 14.7. The highest BCUT2D eigenvalue weighted by atomic mass is 16.7. The molecule has 0 aromatic heterocycles. The van der Waals surface area contributed by atoms with Crippen molar-refractivity contribution in [1.29, 1.82) is 0 Å². The van der Waals surface area contributed by atoms with Gasteiger partial charge in [-0.15, -0.1) is 0 Å². The van der Waals surface area contributed by atoms with Gasteiger partial charge >= 0.3 is 0 Å². The first-order valence-corrected chi connectivity index (χ1v) is 32.7. The highest BCUT2D eigenvalue weighted by molar-refractivity contribution is 5.76. The summed E-state index contributed by atoms with van der Waals surface area (Å²) in [4.78, 5) is 13.3. The quantitative estimate of drug-likeness (QED) is 0.0204. The van der Waals surface area contributed by atoms with E-state index in [1.807, 2.05) is 6.08 Å². The number of carbonyl (C=O) groups is 1. The Morgan fingerprint density at radius 1 is 0.430 bits per heavy atom. The summed E-state index contributed by atoms with van der Waals surface area (Å²) in [5.41, 5.74) is 0. The smallest absolute Gasteiger partial charge is 0.220 e. The van der Waals surface area contributed by atoms with E-state index in [-0.39, 0.29) is 18.9 Å². The zero-order chi connectivity index (χ0) is 62.3. The van der Waals surface area contributed by atoms with Gasteiger partial charge in [-0.05, 0) is 122 Å². The number of amides is 1. The number of ether oxygens (including phenoxy) is 4. The van der Waals surface area contributed by atoms with Crippen LogP contribution >= 0.6 is 0 Å². The fourth-order valence-corrected chi connectivity index (χ4v) is 9.47. The van der Waals surface area contributed by atoms with Gasteiger partial charge in [0.05, 0.1) is 32.0 Å². The summed E-state index contributed by atoms with van der Waals surface area (Å²) in [7, 11) is 0. The van der Waals surface area contributed by atoms with Crippen molar-refractivity contribution in [2.75, 3.05) is 19.8 Å². The van der Waals surface area contributed by atoms with Crippen molar-refractivity contribution in [1.82, 2.24) is 5.32 Å². The van der Waals surface area contributed by atoms with Crippen molar-refractivity contribution in [3.63, 3.8) is 0 Å². The number of aliphatic hydroxyl groups is 8. The molecule has 2 saturated heterocycles. The highest BCUT2D eigenvalue weighted by Gasteiger charge is 2.51. The molecule has 2 rings (SSSR count). The van der Waals surface area contributed by atoms with E-state index in [9.17, 15) is 45.6 Å². The Kier molecular flexibility index (Phi) is 49.5. The maximum absolute atomic E-state index is 13.3. The molecule has 9 N–H and O–H groups in total. The van der Waals surface area contributed by atoms with Crippen LogP contribution in [0.15, 0.2) is 158 Å². The molecule has 2 aliphatic rings. The van der Waals surface area contributed by atoms with Gasteiger partial charge in [0.1, 0.15) is 48.8 Å². The van der Waals surface area contributed by atoms with E-state index in [4.69, 9.17) is 18.9 Å². The van der Waals surface area contributed by atoms with Gasteiger partial charge in [0.15, 0.2) is 12.6 Å². The first kappa shape index (κ1) is 77.7. The summed E-state index contributed by atoms with van der Waals surface area (Å²) in [5.74, 6) is -0.276. The maximum Gasteiger partial charge on any atom is 0.220 e. The number of unbranched alkanes of at least 4 members (excludes halogenated alkanes) is 13. The van der Waals surface area contributed by atoms with Crippen LogP contribution in [0.5, 0.6) is 0 Å². The average molecular weight is 1200 g/mol. The lowest BCUT2D eigenvalue weighted by Crippen LogP contribution is -2.65. The summed E-state index contributed by atoms with van der Waals surface area (Å²) in [5, 5.41) is 87.1. The molecule has 14 nitrogen and oxygen atoms in total. The first-order valence-electron chi connectivity index (χ1n) is 32.7. The number of rotatable bonds is 50. The minimum Gasteiger partial charge on any atom is -0.394 e. The zero-order valence-corrected chi connectivity index (χ0v) is 52.5. The minimum atomic E-state index is -1.80. The van der Waals surface area contributed by atoms with E-state index in [1.165, 1.54) is 32.1 Å². The predicted molar refractivity (Wildman–Crippen MR) is 350 cm³/mol. The van der Waals surface area contributed by atoms with Crippen LogP contribution in [-0.4, -0.2) is 140 Å². The normalized spacial score (nSPS) is 24.5. The van der Waals surface area contributed by atoms with Gasteiger partial charge in [0, 0.05) is 6.42 Å². The molecule has 12 unspecified atom stereocenters. The molecule has 0 bridgehead atoms. The molecule has 2 heterocycles. The van der Waals surface area contributed by atoms with E-state index < -0.39 is 86.8 Å². The average Bonchev–Trinajstić information content (AvgIpc) is 1.83. The monoisotopic (exact) mass is 1200 g/mol. The molecule has 86 heavy (non-hydrogen) atoms. The van der Waals surface area contributed by atoms with Crippen LogP contribution < -0.4 is 5.32 Å². The summed E-state index contributed by atoms with van der Waals surface area (Å²) in [6, 6.07) is -0.958. The molecule has 2 aliphatic heterocycles. The fourth-order valence-electron chi connectivity index (χ4n) is 9.47. The molecule has 0 radical (unpaired) electrons. The van der Waals surface area contributed by atoms with Crippen LogP contribution in [0.1, 0.15) is 194 Å². The Hall–Kier alpha value is -4.39. The van der Waals surface area contributed by atoms with Gasteiger partial charge in [-0.1, -0.05) is 223 Å². The van der Waals surface area contributed by atoms with Crippen molar-refractivity contribution >= 4 is 5.91 Å². The van der Waals surface area contributed by atoms with Crippen LogP contribution in [0.3, 0.4) is 0 Å². The lowest BCUT2D eigenvalue weighted by molar-refractivity contribution is -0.359. The Morgan fingerprint density at radius 2 is 0.814 bits per heavy atom. The molecule has 1 amide bonds. The largest absolute Gasteiger partial charge is 0.394 e. The minimum absolute atomic E-state index is 0.242. The van der Waals surface area contributed by atoms with Crippen LogP contribution in [0.4, 0.5) is 0 Å². The standard InChI is InChI=1S/C72H115NO13/c1-3-5-7-9-11-13-15-17-19-20-21-22-23-24-25-26-27-28-29-30-31-32-33-34-35-36-37-38-39-40-42-44-46-48-50-52-54-56-64(77)73-60(61(76)55-53-51-49-47-45-43-41-18-16-14-12-10-8-6-4-2)59-83-71-69(82)67(80)70(63(58-75)85-71)86-72-68(81)66(79)65(78)62(57-74)84-72/h5,7,11,13,16-19,21-22,24-25,27-28,30-31,33-34,36-37,39-40,45,47,53,55,60-63,65-72,74-76,78-82H,3-4,6,8-10,12,14-15,20,23,26,29,32,35,38,41-44,46,48-52,54,56-59H2,1-2H3,(H,73,77)/b7-5-,13-11-,18-16+,19-17-,22-21-,25-24-,28-27-,31-30-,34-33-,37-36-,40-39-,47-45+,55-53+. The van der Waals surface area contributed by atoms with E-state index >= 15 is 0 Å². The number of nitrogens with one attached hydrogen (secondary N) is 1. The Morgan fingerprint density at radius 3 is 1.28 bits per heavy atom. The molecule has 0 spiro atoms. The molecular weight excluding hydrogens is 1090 g/mol. The second-order valence-electron chi connectivity index (χ2n) is 22.1. The summed E-state index contributed by atoms with van der Waals surface area (Å²) >= 11 is 0. The number of hydrogen-bond acceptors (Lipinski definition) is 13. The third-order valence-electron chi connectivity index (χ3n) is 14.7. The van der Waals surface area contributed by atoms with E-state index in [0.29, 0.717) is 12.8 Å². The van der Waals surface area contributed by atoms with Crippen LogP contribution in [0.25, 0.3) is 0 Å². The first-order chi connectivity index (χ1) is 42.1. The Bertz CT molecular complexity index is 2050. The Balaban J connectivity index is 1.69. The molecule has 14 heteroatoms. The zero-order valence-electron chi connectivity index (χ0n) is 52.5. The van der Waals surface area contributed by atoms with Gasteiger partial charge in [-0.25, -0.2) is 0 Å². The molecule has 0 aromatic rings. The SMILES string of the molecule is CC/C=C\C/C=C\C/C=C\C/C=C\C/C=C\C/C=C\C/C=C\C/C=C\C/C=C\C/C=C\CCCCCCCCC(=O)NC(COC1OC(CO)C(OC2OC(CO)C(O)C(O)C2O)C(O)C1O)C(O)/C=C/CC/C=C/CC/C=C/CCCCCCC. The van der Waals surface area contributed by atoms with Gasteiger partial charge < -0.3 is 65.1 Å². The number of aliphatic hydroxyl groups excluding tert-OH is 8. The Labute approximate surface area is 518 Å². The lowest BCUT2D eigenvalue weighted by atomic mass is 9.97. The topological polar surface area (TPSA) is 228 Å². The van der Waals surface area contributed by atoms with Gasteiger partial charge in [-0.3, -0.25) is 4.79 Å². The van der Waals surface area contributed by atoms with Crippen molar-refractivity contribution in [2.24, 2.45) is 0 Å². The second kappa shape index (κ2) is 54.7. The molecule has 0 aromatic carbocycles. The summed E-state index contributed by atoms with van der Waals surface area (Å²) < 4.78 is 22.7. The molecule has 2 fully saturated rings. The summed E-state index contributed by atoms with van der Waals surface area (Å²) in [6.45, 7) is 2.60. The van der Waals surface area contributed by atoms with Crippen LogP contribution in [0, 0.1) is 0 Å². The summed E-state index contributed by atoms with van der Waals surface area (Å²) in [6.07, 6.45) is 67.2. The lowest BCUT2D eigenvalue weighted by Gasteiger charge is -2.46. The van der Waals surface area contributed by atoms with E-state index in [2.05, 4.69) is 165 Å². The maximum atomic E-state index is 13.3. The van der Waals surface area contributed by atoms with Gasteiger partial charge in [0.2, 0.25) is 5.91 Å². The second-order valence-corrected chi connectivity index (χ2v) is 22.1. The molecular formula is C72H115NO13. The molecule has 486 valence electrons. The number of carbonyl (C=O) groups excluding carboxylic acids is 1. The fraction of sp³-hybridized carbons (Fsp3) is 0.625. The third kappa shape index (κ3) is 38.8. The van der Waals surface area contributed by atoms with E-state index in [1.54, 1.807) is 6.08 Å². The van der Waals surface area contributed by atoms with E-state index in [0.717, 1.165) is 128 Å². The number of hydrogen-bond donors (Lipinski definition) is 9. The van der Waals surface area contributed by atoms with Crippen LogP contribution in [0.2, 0.25) is 0 Å². The van der Waals surface area contributed by atoms with Crippen molar-refractivity contribution < 1.29 is 64.6 Å². The van der Waals surface area contributed by atoms with Gasteiger partial charge in [0.25, 0.3) is 0 Å². The van der Waals surface area contributed by atoms with Crippen molar-refractivity contribution in [2.45, 2.75) is 267 Å². The molecule has 0 aliphatic carbocycles. The number of allylic oxidation sites excluding steroid dienone is 25. The predicted octanol–water partition coefficient (Wildman–Crippen LogP) is 12.7. The van der Waals surface area contributed by atoms with Crippen molar-refractivity contribution in [3.8, 4) is 0 Å².